The van der Waals surface area contributed by atoms with E-state index in [0.29, 0.717) is 29.4 Å². The number of nitrogens with one attached hydrogen (secondary N) is 2. The molecule has 2 aromatic rings. The lowest BCUT2D eigenvalue weighted by Gasteiger charge is -2.21. The minimum Gasteiger partial charge on any atom is -0.351 e. The van der Waals surface area contributed by atoms with Gasteiger partial charge in [-0.3, -0.25) is 4.79 Å². The molecule has 3 rings (SSSR count). The molecule has 5 heteroatoms. The van der Waals surface area contributed by atoms with E-state index in [0.717, 1.165) is 12.8 Å². The van der Waals surface area contributed by atoms with Gasteiger partial charge >= 0.3 is 0 Å². The summed E-state index contributed by atoms with van der Waals surface area (Å²) >= 11 is 0. The number of carbonyl (C=O) groups excluding carboxylic acids is 1. The fourth-order valence-corrected chi connectivity index (χ4v) is 2.75. The lowest BCUT2D eigenvalue weighted by atomic mass is 10.00. The Hall–Kier alpha value is -2.35. The van der Waals surface area contributed by atoms with Crippen LogP contribution in [-0.4, -0.2) is 16.4 Å². The Bertz CT molecular complexity index is 707. The Morgan fingerprint density at radius 3 is 2.80 bits per heavy atom. The van der Waals surface area contributed by atoms with Crippen LogP contribution in [-0.2, 0) is 0 Å². The van der Waals surface area contributed by atoms with Crippen molar-refractivity contribution < 1.29 is 9.18 Å². The minimum absolute atomic E-state index is 0.315. The average molecular weight is 271 g/mol. The van der Waals surface area contributed by atoms with Gasteiger partial charge in [-0.1, -0.05) is 0 Å². The number of nitrogens with zero attached hydrogens (tertiary/aromatic N) is 1. The lowest BCUT2D eigenvalue weighted by Crippen LogP contribution is -2.45. The van der Waals surface area contributed by atoms with Crippen LogP contribution >= 0.6 is 0 Å². The predicted molar refractivity (Wildman–Crippen MR) is 72.5 cm³/mol. The molecule has 1 fully saturated rings. The van der Waals surface area contributed by atoms with Crippen molar-refractivity contribution in [2.75, 3.05) is 0 Å². The van der Waals surface area contributed by atoms with Crippen LogP contribution in [0.5, 0.6) is 0 Å². The molecule has 0 spiro atoms. The summed E-state index contributed by atoms with van der Waals surface area (Å²) in [7, 11) is 0. The van der Waals surface area contributed by atoms with Crippen molar-refractivity contribution in [2.45, 2.75) is 31.2 Å². The first-order chi connectivity index (χ1) is 9.62. The lowest BCUT2D eigenvalue weighted by molar-refractivity contribution is 0.0916. The third-order valence-corrected chi connectivity index (χ3v) is 3.85. The van der Waals surface area contributed by atoms with E-state index in [2.05, 4.69) is 16.4 Å². The number of aromatic nitrogens is 1. The van der Waals surface area contributed by atoms with Crippen LogP contribution in [0.25, 0.3) is 10.9 Å². The quantitative estimate of drug-likeness (QED) is 0.881. The molecule has 0 atom stereocenters. The smallest absolute Gasteiger partial charge is 0.268 e. The molecule has 0 unspecified atom stereocenters. The molecule has 0 bridgehead atoms. The van der Waals surface area contributed by atoms with Crippen LogP contribution < -0.4 is 5.32 Å². The van der Waals surface area contributed by atoms with Gasteiger partial charge in [0.2, 0.25) is 0 Å². The van der Waals surface area contributed by atoms with Gasteiger partial charge in [0.1, 0.15) is 17.1 Å². The zero-order valence-corrected chi connectivity index (χ0v) is 10.9. The number of fused-ring (bicyclic) bond motifs is 1. The number of nitriles is 1. The van der Waals surface area contributed by atoms with Gasteiger partial charge < -0.3 is 10.3 Å². The molecule has 0 aliphatic heterocycles. The molecule has 1 saturated carbocycles. The van der Waals surface area contributed by atoms with Gasteiger partial charge in [-0.05, 0) is 49.9 Å². The van der Waals surface area contributed by atoms with E-state index in [1.807, 2.05) is 0 Å². The molecular formula is C15H14FN3O. The van der Waals surface area contributed by atoms with Crippen molar-refractivity contribution in [3.05, 3.63) is 35.8 Å². The Labute approximate surface area is 115 Å². The van der Waals surface area contributed by atoms with Crippen LogP contribution in [0.2, 0.25) is 0 Å². The fourth-order valence-electron chi connectivity index (χ4n) is 2.75. The SMILES string of the molecule is N#CC1(NC(=O)c2cc3cc(F)ccc3[nH]2)CCCC1. The zero-order valence-electron chi connectivity index (χ0n) is 10.9. The summed E-state index contributed by atoms with van der Waals surface area (Å²) < 4.78 is 13.1. The van der Waals surface area contributed by atoms with Gasteiger partial charge in [0.05, 0.1) is 6.07 Å². The Morgan fingerprint density at radius 2 is 2.10 bits per heavy atom. The maximum absolute atomic E-state index is 13.1. The average Bonchev–Trinajstić information content (AvgIpc) is 3.05. The summed E-state index contributed by atoms with van der Waals surface area (Å²) in [6.45, 7) is 0. The Balaban J connectivity index is 1.87. The second-order valence-corrected chi connectivity index (χ2v) is 5.27. The van der Waals surface area contributed by atoms with Crippen LogP contribution in [0, 0.1) is 17.1 Å². The highest BCUT2D eigenvalue weighted by Crippen LogP contribution is 2.29. The third-order valence-electron chi connectivity index (χ3n) is 3.85. The van der Waals surface area contributed by atoms with Gasteiger partial charge in [-0.25, -0.2) is 4.39 Å². The Morgan fingerprint density at radius 1 is 1.35 bits per heavy atom. The number of halogens is 1. The Kier molecular flexibility index (Phi) is 2.94. The number of rotatable bonds is 2. The van der Waals surface area contributed by atoms with Gasteiger partial charge in [0.25, 0.3) is 5.91 Å². The van der Waals surface area contributed by atoms with Crippen LogP contribution in [0.3, 0.4) is 0 Å². The highest BCUT2D eigenvalue weighted by molar-refractivity contribution is 5.98. The molecule has 1 aromatic carbocycles. The monoisotopic (exact) mass is 271 g/mol. The summed E-state index contributed by atoms with van der Waals surface area (Å²) in [4.78, 5) is 15.2. The molecule has 1 aromatic heterocycles. The molecule has 102 valence electrons. The van der Waals surface area contributed by atoms with Crippen molar-refractivity contribution in [1.82, 2.24) is 10.3 Å². The van der Waals surface area contributed by atoms with E-state index in [4.69, 9.17) is 0 Å². The van der Waals surface area contributed by atoms with Crippen molar-refractivity contribution in [1.29, 1.82) is 5.26 Å². The number of H-pyrrole nitrogens is 1. The van der Waals surface area contributed by atoms with E-state index in [1.165, 1.54) is 12.1 Å². The number of aromatic amines is 1. The van der Waals surface area contributed by atoms with Crippen molar-refractivity contribution >= 4 is 16.8 Å². The zero-order chi connectivity index (χ0) is 14.2. The van der Waals surface area contributed by atoms with E-state index in [-0.39, 0.29) is 11.7 Å². The molecule has 4 nitrogen and oxygen atoms in total. The molecule has 0 saturated heterocycles. The van der Waals surface area contributed by atoms with Crippen LogP contribution in [0.4, 0.5) is 4.39 Å². The number of hydrogen-bond acceptors (Lipinski definition) is 2. The number of carbonyl (C=O) groups is 1. The normalized spacial score (nSPS) is 17.0. The number of hydrogen-bond donors (Lipinski definition) is 2. The summed E-state index contributed by atoms with van der Waals surface area (Å²) in [6, 6.07) is 8.13. The molecule has 2 N–H and O–H groups in total. The predicted octanol–water partition coefficient (Wildman–Crippen LogP) is 2.87. The summed E-state index contributed by atoms with van der Waals surface area (Å²) in [5, 5.41) is 12.7. The highest BCUT2D eigenvalue weighted by Gasteiger charge is 2.35. The van der Waals surface area contributed by atoms with Crippen LogP contribution in [0.15, 0.2) is 24.3 Å². The first-order valence-corrected chi connectivity index (χ1v) is 6.64. The third kappa shape index (κ3) is 2.14. The molecule has 1 amide bonds. The van der Waals surface area contributed by atoms with E-state index in [1.54, 1.807) is 12.1 Å². The van der Waals surface area contributed by atoms with Gasteiger partial charge in [0.15, 0.2) is 0 Å². The molecular weight excluding hydrogens is 257 g/mol. The number of benzene rings is 1. The van der Waals surface area contributed by atoms with E-state index in [9.17, 15) is 14.4 Å². The summed E-state index contributed by atoms with van der Waals surface area (Å²) in [6.07, 6.45) is 3.27. The maximum Gasteiger partial charge on any atom is 0.268 e. The number of amides is 1. The van der Waals surface area contributed by atoms with Crippen LogP contribution in [0.1, 0.15) is 36.2 Å². The largest absolute Gasteiger partial charge is 0.351 e. The van der Waals surface area contributed by atoms with Gasteiger partial charge in [-0.2, -0.15) is 5.26 Å². The van der Waals surface area contributed by atoms with Gasteiger partial charge in [-0.15, -0.1) is 0 Å². The van der Waals surface area contributed by atoms with E-state index >= 15 is 0 Å². The molecule has 1 heterocycles. The maximum atomic E-state index is 13.1. The highest BCUT2D eigenvalue weighted by atomic mass is 19.1. The summed E-state index contributed by atoms with van der Waals surface area (Å²) in [5.74, 6) is -0.655. The van der Waals surface area contributed by atoms with Crippen molar-refractivity contribution in [2.24, 2.45) is 0 Å². The second kappa shape index (κ2) is 4.64. The van der Waals surface area contributed by atoms with Crippen molar-refractivity contribution in [3.63, 3.8) is 0 Å². The fraction of sp³-hybridized carbons (Fsp3) is 0.333. The first kappa shape index (κ1) is 12.7. The van der Waals surface area contributed by atoms with Gasteiger partial charge in [0, 0.05) is 10.9 Å². The summed E-state index contributed by atoms with van der Waals surface area (Å²) in [5.41, 5.74) is 0.306. The minimum atomic E-state index is -0.750. The first-order valence-electron chi connectivity index (χ1n) is 6.64. The molecule has 1 aliphatic rings. The molecule has 1 aliphatic carbocycles. The molecule has 20 heavy (non-hydrogen) atoms. The standard InChI is InChI=1S/C15H14FN3O/c16-11-3-4-12-10(7-11)8-13(18-12)14(20)19-15(9-17)5-1-2-6-15/h3-4,7-8,18H,1-2,5-6H2,(H,19,20). The second-order valence-electron chi connectivity index (χ2n) is 5.27. The van der Waals surface area contributed by atoms with E-state index < -0.39 is 5.54 Å². The topological polar surface area (TPSA) is 68.7 Å². The molecule has 0 radical (unpaired) electrons. The van der Waals surface area contributed by atoms with Crippen molar-refractivity contribution in [3.8, 4) is 6.07 Å².